The maximum absolute atomic E-state index is 12.2. The Balaban J connectivity index is 1.30. The lowest BCUT2D eigenvalue weighted by Gasteiger charge is -2.34. The van der Waals surface area contributed by atoms with Crippen LogP contribution >= 0.6 is 0 Å². The Labute approximate surface area is 155 Å². The first-order valence-electron chi connectivity index (χ1n) is 9.24. The van der Waals surface area contributed by atoms with Gasteiger partial charge in [-0.05, 0) is 12.0 Å². The van der Waals surface area contributed by atoms with E-state index in [1.54, 1.807) is 12.5 Å². The molecule has 1 N–H and O–H groups in total. The number of nitrogens with zero attached hydrogens (tertiary/aromatic N) is 4. The minimum atomic E-state index is 0.0510. The number of nitrogens with one attached hydrogen (secondary N) is 1. The number of urea groups is 1. The minimum Gasteiger partial charge on any atom is -0.338 e. The second kappa shape index (κ2) is 9.77. The van der Waals surface area contributed by atoms with E-state index in [-0.39, 0.29) is 6.03 Å². The Bertz CT molecular complexity index is 675. The lowest BCUT2D eigenvalue weighted by atomic mass is 10.2. The molecule has 6 heteroatoms. The summed E-state index contributed by atoms with van der Waals surface area (Å²) in [6, 6.07) is 10.4. The van der Waals surface area contributed by atoms with Gasteiger partial charge in [-0.15, -0.1) is 0 Å². The second-order valence-electron chi connectivity index (χ2n) is 6.49. The maximum Gasteiger partial charge on any atom is 0.317 e. The predicted molar refractivity (Wildman–Crippen MR) is 104 cm³/mol. The van der Waals surface area contributed by atoms with Gasteiger partial charge < -0.3 is 14.8 Å². The third-order valence-electron chi connectivity index (χ3n) is 4.56. The molecular weight excluding hydrogens is 326 g/mol. The Kier molecular flexibility index (Phi) is 6.84. The van der Waals surface area contributed by atoms with Crippen molar-refractivity contribution in [2.75, 3.05) is 39.3 Å². The summed E-state index contributed by atoms with van der Waals surface area (Å²) in [6.07, 6.45) is 10.8. The van der Waals surface area contributed by atoms with Crippen molar-refractivity contribution in [2.24, 2.45) is 0 Å². The number of hydrogen-bond acceptors (Lipinski definition) is 3. The van der Waals surface area contributed by atoms with Crippen LogP contribution < -0.4 is 5.32 Å². The van der Waals surface area contributed by atoms with Crippen LogP contribution in [-0.2, 0) is 6.54 Å². The number of amides is 2. The molecule has 26 heavy (non-hydrogen) atoms. The van der Waals surface area contributed by atoms with Crippen molar-refractivity contribution in [3.63, 3.8) is 0 Å². The standard InChI is InChI=1S/C20H27N5O/c26-20(22-9-5-12-24-13-10-21-18-24)25-16-14-23(15-17-25)11-4-8-19-6-2-1-3-7-19/h1-4,6-8,10,13,18H,5,9,11-12,14-17H2,(H,22,26)/b8-4+. The number of carbonyl (C=O) groups is 1. The Morgan fingerprint density at radius 2 is 1.96 bits per heavy atom. The van der Waals surface area contributed by atoms with Crippen LogP contribution in [0.5, 0.6) is 0 Å². The number of aromatic nitrogens is 2. The Morgan fingerprint density at radius 3 is 2.69 bits per heavy atom. The van der Waals surface area contributed by atoms with Crippen molar-refractivity contribution >= 4 is 12.1 Å². The van der Waals surface area contributed by atoms with Crippen molar-refractivity contribution in [3.05, 3.63) is 60.7 Å². The summed E-state index contributed by atoms with van der Waals surface area (Å²) < 4.78 is 2.02. The van der Waals surface area contributed by atoms with Crippen molar-refractivity contribution < 1.29 is 4.79 Å². The fourth-order valence-corrected chi connectivity index (χ4v) is 3.02. The van der Waals surface area contributed by atoms with Crippen molar-refractivity contribution in [1.82, 2.24) is 24.7 Å². The van der Waals surface area contributed by atoms with E-state index in [0.717, 1.165) is 45.7 Å². The smallest absolute Gasteiger partial charge is 0.317 e. The summed E-state index contributed by atoms with van der Waals surface area (Å²) >= 11 is 0. The van der Waals surface area contributed by atoms with Crippen molar-refractivity contribution in [2.45, 2.75) is 13.0 Å². The summed E-state index contributed by atoms with van der Waals surface area (Å²) in [5.74, 6) is 0. The highest BCUT2D eigenvalue weighted by atomic mass is 16.2. The van der Waals surface area contributed by atoms with E-state index < -0.39 is 0 Å². The molecule has 0 spiro atoms. The molecular formula is C20H27N5O. The normalized spacial score (nSPS) is 15.5. The highest BCUT2D eigenvalue weighted by molar-refractivity contribution is 5.74. The maximum atomic E-state index is 12.2. The molecule has 1 fully saturated rings. The summed E-state index contributed by atoms with van der Waals surface area (Å²) in [5.41, 5.74) is 1.22. The zero-order valence-corrected chi connectivity index (χ0v) is 15.1. The van der Waals surface area contributed by atoms with Gasteiger partial charge in [0, 0.05) is 58.2 Å². The highest BCUT2D eigenvalue weighted by Crippen LogP contribution is 2.05. The first-order valence-corrected chi connectivity index (χ1v) is 9.24. The van der Waals surface area contributed by atoms with Crippen LogP contribution in [0.4, 0.5) is 4.79 Å². The van der Waals surface area contributed by atoms with Crippen molar-refractivity contribution in [3.8, 4) is 0 Å². The zero-order valence-electron chi connectivity index (χ0n) is 15.1. The molecule has 3 rings (SSSR count). The van der Waals surface area contributed by atoms with Gasteiger partial charge in [0.1, 0.15) is 0 Å². The molecule has 0 radical (unpaired) electrons. The average molecular weight is 353 g/mol. The van der Waals surface area contributed by atoms with Gasteiger partial charge in [0.05, 0.1) is 6.33 Å². The van der Waals surface area contributed by atoms with E-state index in [1.165, 1.54) is 5.56 Å². The molecule has 0 atom stereocenters. The Morgan fingerprint density at radius 1 is 1.15 bits per heavy atom. The lowest BCUT2D eigenvalue weighted by Crippen LogP contribution is -2.51. The molecule has 1 saturated heterocycles. The van der Waals surface area contributed by atoms with E-state index in [1.807, 2.05) is 33.9 Å². The third-order valence-corrected chi connectivity index (χ3v) is 4.56. The van der Waals surface area contributed by atoms with Crippen LogP contribution in [0.3, 0.4) is 0 Å². The van der Waals surface area contributed by atoms with E-state index >= 15 is 0 Å². The number of benzene rings is 1. The molecule has 0 saturated carbocycles. The minimum absolute atomic E-state index is 0.0510. The molecule has 1 aliphatic rings. The van der Waals surface area contributed by atoms with Gasteiger partial charge in [-0.25, -0.2) is 9.78 Å². The van der Waals surface area contributed by atoms with Gasteiger partial charge >= 0.3 is 6.03 Å². The number of hydrogen-bond donors (Lipinski definition) is 1. The van der Waals surface area contributed by atoms with Gasteiger partial charge in [-0.1, -0.05) is 42.5 Å². The number of aryl methyl sites for hydroxylation is 1. The fraction of sp³-hybridized carbons (Fsp3) is 0.400. The monoisotopic (exact) mass is 353 g/mol. The van der Waals surface area contributed by atoms with Gasteiger partial charge in [0.25, 0.3) is 0 Å². The fourth-order valence-electron chi connectivity index (χ4n) is 3.02. The van der Waals surface area contributed by atoms with Crippen LogP contribution in [0.25, 0.3) is 6.08 Å². The molecule has 1 aromatic carbocycles. The molecule has 0 unspecified atom stereocenters. The molecule has 138 valence electrons. The van der Waals surface area contributed by atoms with Crippen LogP contribution in [0.2, 0.25) is 0 Å². The number of carbonyl (C=O) groups excluding carboxylic acids is 1. The van der Waals surface area contributed by atoms with Gasteiger partial charge in [-0.2, -0.15) is 0 Å². The second-order valence-corrected chi connectivity index (χ2v) is 6.49. The first kappa shape index (κ1) is 18.2. The lowest BCUT2D eigenvalue weighted by molar-refractivity contribution is 0.146. The molecule has 2 heterocycles. The topological polar surface area (TPSA) is 53.4 Å². The highest BCUT2D eigenvalue weighted by Gasteiger charge is 2.19. The first-order chi connectivity index (χ1) is 12.8. The van der Waals surface area contributed by atoms with E-state index in [9.17, 15) is 4.79 Å². The summed E-state index contributed by atoms with van der Waals surface area (Å²) in [6.45, 7) is 5.90. The summed E-state index contributed by atoms with van der Waals surface area (Å²) in [7, 11) is 0. The summed E-state index contributed by atoms with van der Waals surface area (Å²) in [5, 5.41) is 3.02. The number of piperazine rings is 1. The van der Waals surface area contributed by atoms with Crippen LogP contribution in [0, 0.1) is 0 Å². The number of rotatable bonds is 7. The molecule has 1 aromatic heterocycles. The van der Waals surface area contributed by atoms with Crippen LogP contribution in [0.15, 0.2) is 55.1 Å². The quantitative estimate of drug-likeness (QED) is 0.777. The largest absolute Gasteiger partial charge is 0.338 e. The molecule has 6 nitrogen and oxygen atoms in total. The van der Waals surface area contributed by atoms with E-state index in [2.05, 4.69) is 39.5 Å². The molecule has 2 amide bonds. The van der Waals surface area contributed by atoms with Gasteiger partial charge in [0.15, 0.2) is 0 Å². The van der Waals surface area contributed by atoms with Gasteiger partial charge in [0.2, 0.25) is 0 Å². The zero-order chi connectivity index (χ0) is 18.0. The predicted octanol–water partition coefficient (Wildman–Crippen LogP) is 2.31. The third kappa shape index (κ3) is 5.74. The summed E-state index contributed by atoms with van der Waals surface area (Å²) in [4.78, 5) is 20.5. The molecule has 0 aliphatic carbocycles. The van der Waals surface area contributed by atoms with Crippen molar-refractivity contribution in [1.29, 1.82) is 0 Å². The average Bonchev–Trinajstić information content (AvgIpc) is 3.20. The Hall–Kier alpha value is -2.60. The van der Waals surface area contributed by atoms with Crippen LogP contribution in [-0.4, -0.2) is 64.7 Å². The van der Waals surface area contributed by atoms with Crippen LogP contribution in [0.1, 0.15) is 12.0 Å². The number of imidazole rings is 1. The molecule has 1 aliphatic heterocycles. The van der Waals surface area contributed by atoms with E-state index in [4.69, 9.17) is 0 Å². The van der Waals surface area contributed by atoms with Gasteiger partial charge in [-0.3, -0.25) is 4.90 Å². The molecule has 2 aromatic rings. The van der Waals surface area contributed by atoms with E-state index in [0.29, 0.717) is 6.54 Å². The SMILES string of the molecule is O=C(NCCCn1ccnc1)N1CCN(C/C=C/c2ccccc2)CC1. The molecule has 0 bridgehead atoms.